The van der Waals surface area contributed by atoms with E-state index in [-0.39, 0.29) is 11.7 Å². The van der Waals surface area contributed by atoms with Crippen molar-refractivity contribution in [2.24, 2.45) is 5.73 Å². The number of phenolic OH excluding ortho intramolecular Hbond substituents is 1. The van der Waals surface area contributed by atoms with Gasteiger partial charge in [0, 0.05) is 6.20 Å². The van der Waals surface area contributed by atoms with Crippen LogP contribution >= 0.6 is 0 Å². The van der Waals surface area contributed by atoms with Crippen molar-refractivity contribution in [3.05, 3.63) is 77.0 Å². The lowest BCUT2D eigenvalue weighted by Gasteiger charge is -2.18. The number of benzene rings is 2. The first-order valence-corrected chi connectivity index (χ1v) is 9.62. The van der Waals surface area contributed by atoms with Crippen LogP contribution in [0.1, 0.15) is 29.2 Å². The van der Waals surface area contributed by atoms with E-state index in [1.807, 2.05) is 50.3 Å². The Hall–Kier alpha value is -3.12. The molecule has 0 fully saturated rings. The van der Waals surface area contributed by atoms with Crippen molar-refractivity contribution in [1.82, 2.24) is 10.6 Å². The van der Waals surface area contributed by atoms with Crippen LogP contribution in [0.25, 0.3) is 0 Å². The van der Waals surface area contributed by atoms with E-state index in [9.17, 15) is 14.7 Å². The molecular weight excluding hydrogens is 366 g/mol. The number of amides is 2. The number of aryl methyl sites for hydroxylation is 2. The molecule has 0 aliphatic heterocycles. The summed E-state index contributed by atoms with van der Waals surface area (Å²) in [6, 6.07) is 11.7. The van der Waals surface area contributed by atoms with Gasteiger partial charge in [-0.15, -0.1) is 0 Å². The SMILES string of the molecule is Cc1cc(O)cc(C)c1CC(N)C(=O)N[C@H](C)C(=O)NC=CCc1ccccc1. The van der Waals surface area contributed by atoms with Crippen molar-refractivity contribution in [3.8, 4) is 5.75 Å². The number of aromatic hydroxyl groups is 1. The molecule has 29 heavy (non-hydrogen) atoms. The molecule has 0 radical (unpaired) electrons. The first-order chi connectivity index (χ1) is 13.8. The molecule has 0 bridgehead atoms. The van der Waals surface area contributed by atoms with E-state index in [0.717, 1.165) is 22.3 Å². The van der Waals surface area contributed by atoms with Crippen molar-refractivity contribution in [3.63, 3.8) is 0 Å². The summed E-state index contributed by atoms with van der Waals surface area (Å²) in [5.74, 6) is -0.521. The molecule has 2 atom stereocenters. The number of nitrogens with one attached hydrogen (secondary N) is 2. The molecule has 2 aromatic carbocycles. The molecule has 0 aliphatic carbocycles. The normalized spacial score (nSPS) is 13.1. The lowest BCUT2D eigenvalue weighted by atomic mass is 9.96. The fraction of sp³-hybridized carbons (Fsp3) is 0.304. The molecule has 0 saturated carbocycles. The van der Waals surface area contributed by atoms with Crippen LogP contribution in [0.3, 0.4) is 0 Å². The van der Waals surface area contributed by atoms with Crippen LogP contribution < -0.4 is 16.4 Å². The van der Waals surface area contributed by atoms with Crippen LogP contribution in [0.4, 0.5) is 0 Å². The zero-order valence-corrected chi connectivity index (χ0v) is 17.1. The van der Waals surface area contributed by atoms with Crippen LogP contribution in [-0.2, 0) is 22.4 Å². The molecular formula is C23H29N3O3. The van der Waals surface area contributed by atoms with Gasteiger partial charge in [0.05, 0.1) is 6.04 Å². The maximum absolute atomic E-state index is 12.4. The largest absolute Gasteiger partial charge is 0.508 e. The number of phenols is 1. The van der Waals surface area contributed by atoms with Gasteiger partial charge in [0.15, 0.2) is 0 Å². The Bertz CT molecular complexity index is 855. The summed E-state index contributed by atoms with van der Waals surface area (Å²) in [6.45, 7) is 5.34. The standard InChI is InChI=1S/C23H29N3O3/c1-15-12-19(27)13-16(2)20(15)14-21(24)23(29)26-17(3)22(28)25-11-7-10-18-8-5-4-6-9-18/h4-9,11-13,17,21,27H,10,14,24H2,1-3H3,(H,25,28)(H,26,29)/t17-,21?/m1/s1. The third-order valence-electron chi connectivity index (χ3n) is 4.73. The Morgan fingerprint density at radius 3 is 2.34 bits per heavy atom. The van der Waals surface area contributed by atoms with Gasteiger partial charge in [-0.1, -0.05) is 36.4 Å². The van der Waals surface area contributed by atoms with Crippen molar-refractivity contribution in [2.45, 2.75) is 45.7 Å². The van der Waals surface area contributed by atoms with Gasteiger partial charge in [-0.25, -0.2) is 0 Å². The minimum absolute atomic E-state index is 0.187. The Morgan fingerprint density at radius 2 is 1.72 bits per heavy atom. The summed E-state index contributed by atoms with van der Waals surface area (Å²) in [4.78, 5) is 24.6. The maximum Gasteiger partial charge on any atom is 0.246 e. The highest BCUT2D eigenvalue weighted by atomic mass is 16.3. The smallest absolute Gasteiger partial charge is 0.246 e. The quantitative estimate of drug-likeness (QED) is 0.550. The number of rotatable bonds is 8. The fourth-order valence-corrected chi connectivity index (χ4v) is 3.07. The second-order valence-corrected chi connectivity index (χ2v) is 7.20. The monoisotopic (exact) mass is 395 g/mol. The number of nitrogens with two attached hydrogens (primary N) is 1. The van der Waals surface area contributed by atoms with Crippen LogP contribution in [0.5, 0.6) is 5.75 Å². The number of hydrogen-bond donors (Lipinski definition) is 4. The lowest BCUT2D eigenvalue weighted by molar-refractivity contribution is -0.128. The Kier molecular flexibility index (Phi) is 7.98. The van der Waals surface area contributed by atoms with Crippen molar-refractivity contribution >= 4 is 11.8 Å². The molecule has 6 nitrogen and oxygen atoms in total. The number of allylic oxidation sites excluding steroid dienone is 1. The first kappa shape index (κ1) is 22.2. The summed E-state index contributed by atoms with van der Waals surface area (Å²) in [7, 11) is 0. The van der Waals surface area contributed by atoms with E-state index in [4.69, 9.17) is 5.73 Å². The molecule has 6 heteroatoms. The van der Waals surface area contributed by atoms with E-state index < -0.39 is 18.0 Å². The molecule has 0 heterocycles. The molecule has 0 saturated heterocycles. The third kappa shape index (κ3) is 6.76. The summed E-state index contributed by atoms with van der Waals surface area (Å²) in [6.07, 6.45) is 4.47. The molecule has 0 aliphatic rings. The molecule has 0 spiro atoms. The predicted molar refractivity (Wildman–Crippen MR) is 114 cm³/mol. The summed E-state index contributed by atoms with van der Waals surface area (Å²) in [5, 5.41) is 15.0. The van der Waals surface area contributed by atoms with E-state index in [1.54, 1.807) is 25.3 Å². The molecule has 0 aromatic heterocycles. The third-order valence-corrected chi connectivity index (χ3v) is 4.73. The van der Waals surface area contributed by atoms with Crippen molar-refractivity contribution < 1.29 is 14.7 Å². The molecule has 2 amide bonds. The first-order valence-electron chi connectivity index (χ1n) is 9.62. The van der Waals surface area contributed by atoms with E-state index in [1.165, 1.54) is 0 Å². The van der Waals surface area contributed by atoms with E-state index >= 15 is 0 Å². The van der Waals surface area contributed by atoms with Gasteiger partial charge in [-0.3, -0.25) is 9.59 Å². The highest BCUT2D eigenvalue weighted by Crippen LogP contribution is 2.21. The minimum atomic E-state index is -0.791. The van der Waals surface area contributed by atoms with Crippen LogP contribution in [0, 0.1) is 13.8 Å². The van der Waals surface area contributed by atoms with E-state index in [0.29, 0.717) is 12.8 Å². The molecule has 2 aromatic rings. The topological polar surface area (TPSA) is 104 Å². The summed E-state index contributed by atoms with van der Waals surface area (Å²) in [5.41, 5.74) is 9.86. The average molecular weight is 396 g/mol. The second kappa shape index (κ2) is 10.4. The highest BCUT2D eigenvalue weighted by Gasteiger charge is 2.21. The Labute approximate surface area is 171 Å². The van der Waals surface area contributed by atoms with Gasteiger partial charge in [0.25, 0.3) is 0 Å². The van der Waals surface area contributed by atoms with E-state index in [2.05, 4.69) is 10.6 Å². The predicted octanol–water partition coefficient (Wildman–Crippen LogP) is 2.26. The summed E-state index contributed by atoms with van der Waals surface area (Å²) >= 11 is 0. The Balaban J connectivity index is 1.83. The van der Waals surface area contributed by atoms with Gasteiger partial charge in [0.1, 0.15) is 11.8 Å². The molecule has 1 unspecified atom stereocenters. The molecule has 5 N–H and O–H groups in total. The summed E-state index contributed by atoms with van der Waals surface area (Å²) < 4.78 is 0. The van der Waals surface area contributed by atoms with Gasteiger partial charge in [-0.05, 0) is 68.0 Å². The highest BCUT2D eigenvalue weighted by molar-refractivity contribution is 5.89. The lowest BCUT2D eigenvalue weighted by Crippen LogP contribution is -2.50. The van der Waals surface area contributed by atoms with Crippen LogP contribution in [0.15, 0.2) is 54.7 Å². The Morgan fingerprint density at radius 1 is 1.10 bits per heavy atom. The van der Waals surface area contributed by atoms with Crippen LogP contribution in [0.2, 0.25) is 0 Å². The molecule has 2 rings (SSSR count). The number of hydrogen-bond acceptors (Lipinski definition) is 4. The van der Waals surface area contributed by atoms with Gasteiger partial charge in [0.2, 0.25) is 11.8 Å². The van der Waals surface area contributed by atoms with Gasteiger partial charge < -0.3 is 21.5 Å². The van der Waals surface area contributed by atoms with Crippen LogP contribution in [-0.4, -0.2) is 29.0 Å². The maximum atomic E-state index is 12.4. The number of carbonyl (C=O) groups excluding carboxylic acids is 2. The average Bonchev–Trinajstić information content (AvgIpc) is 2.68. The molecule has 154 valence electrons. The zero-order valence-electron chi connectivity index (χ0n) is 17.1. The van der Waals surface area contributed by atoms with Gasteiger partial charge >= 0.3 is 0 Å². The zero-order chi connectivity index (χ0) is 21.4. The van der Waals surface area contributed by atoms with Gasteiger partial charge in [-0.2, -0.15) is 0 Å². The number of carbonyl (C=O) groups is 2. The van der Waals surface area contributed by atoms with Crippen molar-refractivity contribution in [1.29, 1.82) is 0 Å². The minimum Gasteiger partial charge on any atom is -0.508 e. The fourth-order valence-electron chi connectivity index (χ4n) is 3.07. The second-order valence-electron chi connectivity index (χ2n) is 7.20. The van der Waals surface area contributed by atoms with Crippen molar-refractivity contribution in [2.75, 3.05) is 0 Å².